The van der Waals surface area contributed by atoms with E-state index < -0.39 is 10.8 Å². The van der Waals surface area contributed by atoms with E-state index in [2.05, 4.69) is 111 Å². The van der Waals surface area contributed by atoms with Crippen molar-refractivity contribution >= 4 is 27.7 Å². The van der Waals surface area contributed by atoms with E-state index in [1.165, 1.54) is 44.2 Å². The third kappa shape index (κ3) is 1.86. The minimum Gasteiger partial charge on any atom is -0.298 e. The number of hydrogen-bond donors (Lipinski definition) is 0. The van der Waals surface area contributed by atoms with Gasteiger partial charge in [0.2, 0.25) is 0 Å². The zero-order valence-electron chi connectivity index (χ0n) is 18.3. The maximum absolute atomic E-state index is 14.5. The molecule has 1 heteroatoms. The molecule has 4 aromatic rings. The summed E-state index contributed by atoms with van der Waals surface area (Å²) in [5.41, 5.74) is 6.38. The van der Waals surface area contributed by atoms with Crippen LogP contribution in [0.2, 0.25) is 0 Å². The highest BCUT2D eigenvalue weighted by molar-refractivity contribution is 6.25. The molecule has 0 heterocycles. The number of benzene rings is 4. The van der Waals surface area contributed by atoms with Gasteiger partial charge in [-0.2, -0.15) is 0 Å². The predicted octanol–water partition coefficient (Wildman–Crippen LogP) is 7.24. The van der Waals surface area contributed by atoms with E-state index in [4.69, 9.17) is 0 Å². The van der Waals surface area contributed by atoms with E-state index in [1.54, 1.807) is 0 Å². The van der Waals surface area contributed by atoms with Crippen LogP contribution in [0.5, 0.6) is 0 Å². The number of ketones is 1. The lowest BCUT2D eigenvalue weighted by atomic mass is 9.61. The van der Waals surface area contributed by atoms with Crippen molar-refractivity contribution in [2.45, 2.75) is 25.7 Å². The van der Waals surface area contributed by atoms with E-state index in [0.29, 0.717) is 5.78 Å². The molecule has 0 N–H and O–H groups in total. The monoisotopic (exact) mass is 412 g/mol. The molecule has 1 nitrogen and oxygen atoms in total. The van der Waals surface area contributed by atoms with Gasteiger partial charge in [0.05, 0.1) is 10.8 Å². The Labute approximate surface area is 188 Å². The number of carbonyl (C=O) groups excluding carboxylic acids is 1. The second-order valence-electron chi connectivity index (χ2n) is 9.96. The average Bonchev–Trinajstić information content (AvgIpc) is 3.34. The number of Topliss-reactive ketones (excluding diaryl/α,β-unsaturated/α-hetero) is 1. The predicted molar refractivity (Wildman–Crippen MR) is 130 cm³/mol. The van der Waals surface area contributed by atoms with Crippen LogP contribution in [0, 0.1) is 10.8 Å². The van der Waals surface area contributed by atoms with Gasteiger partial charge in [-0.15, -0.1) is 0 Å². The summed E-state index contributed by atoms with van der Waals surface area (Å²) in [6, 6.07) is 34.5. The zero-order valence-corrected chi connectivity index (χ0v) is 18.3. The molecule has 4 aromatic carbocycles. The molecule has 3 aliphatic rings. The Morgan fingerprint density at radius 1 is 0.562 bits per heavy atom. The molecular formula is C31H24O. The molecular weight excluding hydrogens is 388 g/mol. The van der Waals surface area contributed by atoms with Gasteiger partial charge in [0.25, 0.3) is 0 Å². The van der Waals surface area contributed by atoms with E-state index in [9.17, 15) is 4.79 Å². The minimum atomic E-state index is -0.556. The summed E-state index contributed by atoms with van der Waals surface area (Å²) >= 11 is 0. The SMILES string of the molecule is CC12C(=O)C(C)(C(c3ccccc3)=C1c1ccccc1)C1c3cccc4cccc(c34)C12. The highest BCUT2D eigenvalue weighted by Crippen LogP contribution is 2.79. The summed E-state index contributed by atoms with van der Waals surface area (Å²) in [7, 11) is 0. The molecule has 0 saturated heterocycles. The Balaban J connectivity index is 1.63. The molecule has 32 heavy (non-hydrogen) atoms. The topological polar surface area (TPSA) is 17.1 Å². The molecule has 0 aromatic heterocycles. The molecule has 3 aliphatic carbocycles. The molecule has 2 bridgehead atoms. The van der Waals surface area contributed by atoms with E-state index >= 15 is 0 Å². The maximum atomic E-state index is 14.5. The Kier molecular flexibility index (Phi) is 3.33. The second-order valence-corrected chi connectivity index (χ2v) is 9.96. The third-order valence-corrected chi connectivity index (χ3v) is 8.57. The first-order valence-electron chi connectivity index (χ1n) is 11.5. The lowest BCUT2D eigenvalue weighted by Gasteiger charge is -2.39. The van der Waals surface area contributed by atoms with Gasteiger partial charge in [-0.25, -0.2) is 0 Å². The van der Waals surface area contributed by atoms with Gasteiger partial charge in [-0.1, -0.05) is 97.1 Å². The van der Waals surface area contributed by atoms with Gasteiger partial charge in [-0.3, -0.25) is 4.79 Å². The van der Waals surface area contributed by atoms with Crippen molar-refractivity contribution in [2.75, 3.05) is 0 Å². The van der Waals surface area contributed by atoms with Crippen LogP contribution in [-0.2, 0) is 4.79 Å². The lowest BCUT2D eigenvalue weighted by molar-refractivity contribution is -0.127. The first kappa shape index (κ1) is 18.2. The highest BCUT2D eigenvalue weighted by atomic mass is 16.1. The number of rotatable bonds is 2. The molecule has 1 fully saturated rings. The Morgan fingerprint density at radius 3 is 1.44 bits per heavy atom. The van der Waals surface area contributed by atoms with Crippen LogP contribution in [0.1, 0.15) is 47.9 Å². The van der Waals surface area contributed by atoms with Crippen LogP contribution in [0.4, 0.5) is 0 Å². The van der Waals surface area contributed by atoms with Crippen LogP contribution in [0.15, 0.2) is 97.1 Å². The summed E-state index contributed by atoms with van der Waals surface area (Å²) in [6.07, 6.45) is 0. The average molecular weight is 413 g/mol. The van der Waals surface area contributed by atoms with Crippen LogP contribution >= 0.6 is 0 Å². The van der Waals surface area contributed by atoms with Crippen molar-refractivity contribution in [1.82, 2.24) is 0 Å². The quantitative estimate of drug-likeness (QED) is 0.339. The van der Waals surface area contributed by atoms with Crippen molar-refractivity contribution in [3.63, 3.8) is 0 Å². The number of allylic oxidation sites excluding steroid dienone is 2. The van der Waals surface area contributed by atoms with Crippen molar-refractivity contribution in [2.24, 2.45) is 10.8 Å². The molecule has 154 valence electrons. The summed E-state index contributed by atoms with van der Waals surface area (Å²) < 4.78 is 0. The molecule has 0 amide bonds. The summed E-state index contributed by atoms with van der Waals surface area (Å²) in [5, 5.41) is 2.66. The van der Waals surface area contributed by atoms with E-state index in [0.717, 1.165) is 0 Å². The Hall–Kier alpha value is -3.45. The van der Waals surface area contributed by atoms with Crippen molar-refractivity contribution in [1.29, 1.82) is 0 Å². The largest absolute Gasteiger partial charge is 0.298 e. The fourth-order valence-electron chi connectivity index (χ4n) is 7.54. The third-order valence-electron chi connectivity index (χ3n) is 8.57. The number of carbonyl (C=O) groups is 1. The molecule has 0 spiro atoms. The van der Waals surface area contributed by atoms with Crippen LogP contribution in [-0.4, -0.2) is 5.78 Å². The molecule has 4 unspecified atom stereocenters. The molecule has 0 radical (unpaired) electrons. The second kappa shape index (κ2) is 5.86. The first-order chi connectivity index (χ1) is 15.6. The Morgan fingerprint density at radius 2 is 1.00 bits per heavy atom. The summed E-state index contributed by atoms with van der Waals surface area (Å²) in [4.78, 5) is 14.5. The van der Waals surface area contributed by atoms with Gasteiger partial charge < -0.3 is 0 Å². The smallest absolute Gasteiger partial charge is 0.154 e. The van der Waals surface area contributed by atoms with E-state index in [-0.39, 0.29) is 11.8 Å². The summed E-state index contributed by atoms with van der Waals surface area (Å²) in [5.74, 6) is 0.719. The minimum absolute atomic E-state index is 0.170. The van der Waals surface area contributed by atoms with Crippen LogP contribution in [0.25, 0.3) is 21.9 Å². The van der Waals surface area contributed by atoms with Crippen molar-refractivity contribution in [3.05, 3.63) is 119 Å². The van der Waals surface area contributed by atoms with Gasteiger partial charge >= 0.3 is 0 Å². The number of fused-ring (bicyclic) bond motifs is 7. The Bertz CT molecular complexity index is 1360. The van der Waals surface area contributed by atoms with Crippen LogP contribution < -0.4 is 0 Å². The summed E-state index contributed by atoms with van der Waals surface area (Å²) in [6.45, 7) is 4.45. The fraction of sp³-hybridized carbons (Fsp3) is 0.194. The molecule has 4 atom stereocenters. The first-order valence-corrected chi connectivity index (χ1v) is 11.5. The zero-order chi connectivity index (χ0) is 21.7. The normalized spacial score (nSPS) is 29.8. The van der Waals surface area contributed by atoms with Crippen molar-refractivity contribution in [3.8, 4) is 0 Å². The standard InChI is InChI=1S/C31H24O/c1-30-25(20-11-5-3-6-12-20)26(21-13-7-4-8-14-21)31(2,29(30)32)28-23-18-10-16-19-15-9-17-22(24(19)23)27(28)30/h3-18,27-28H,1-2H3. The van der Waals surface area contributed by atoms with Gasteiger partial charge in [0, 0.05) is 11.8 Å². The van der Waals surface area contributed by atoms with Crippen LogP contribution in [0.3, 0.4) is 0 Å². The molecule has 1 saturated carbocycles. The van der Waals surface area contributed by atoms with Gasteiger partial charge in [0.15, 0.2) is 5.78 Å². The van der Waals surface area contributed by atoms with E-state index in [1.807, 2.05) is 0 Å². The highest BCUT2D eigenvalue weighted by Gasteiger charge is 2.73. The van der Waals surface area contributed by atoms with Gasteiger partial charge in [-0.05, 0) is 58.0 Å². The lowest BCUT2D eigenvalue weighted by Crippen LogP contribution is -2.28. The maximum Gasteiger partial charge on any atom is 0.154 e. The van der Waals surface area contributed by atoms with Crippen molar-refractivity contribution < 1.29 is 4.79 Å². The number of hydrogen-bond acceptors (Lipinski definition) is 1. The molecule has 7 rings (SSSR count). The molecule has 0 aliphatic heterocycles. The van der Waals surface area contributed by atoms with Gasteiger partial charge in [0.1, 0.15) is 0 Å². The fourth-order valence-corrected chi connectivity index (χ4v) is 7.54.